The van der Waals surface area contributed by atoms with Crippen LogP contribution in [0.2, 0.25) is 0 Å². The van der Waals surface area contributed by atoms with Crippen molar-refractivity contribution >= 4 is 0 Å². The van der Waals surface area contributed by atoms with Gasteiger partial charge in [-0.25, -0.2) is 0 Å². The van der Waals surface area contributed by atoms with E-state index >= 15 is 0 Å². The average Bonchev–Trinajstić information content (AvgIpc) is 2.26. The van der Waals surface area contributed by atoms with Gasteiger partial charge in [0.1, 0.15) is 6.10 Å². The summed E-state index contributed by atoms with van der Waals surface area (Å²) in [5, 5.41) is 18.0. The van der Waals surface area contributed by atoms with Crippen LogP contribution >= 0.6 is 0 Å². The van der Waals surface area contributed by atoms with E-state index in [-0.39, 0.29) is 6.10 Å². The van der Waals surface area contributed by atoms with Gasteiger partial charge in [0.15, 0.2) is 12.1 Å². The molecular formula is C9H16O4. The first-order valence-corrected chi connectivity index (χ1v) is 4.29. The van der Waals surface area contributed by atoms with E-state index in [0.717, 1.165) is 0 Å². The zero-order valence-corrected chi connectivity index (χ0v) is 7.93. The summed E-state index contributed by atoms with van der Waals surface area (Å²) in [7, 11) is 0. The minimum absolute atomic E-state index is 0.326. The molecule has 0 aromatic carbocycles. The van der Waals surface area contributed by atoms with Crippen LogP contribution in [0.1, 0.15) is 20.3 Å². The third-order valence-electron chi connectivity index (χ3n) is 1.91. The molecule has 1 aliphatic rings. The van der Waals surface area contributed by atoms with E-state index in [1.165, 1.54) is 0 Å². The van der Waals surface area contributed by atoms with Gasteiger partial charge in [-0.05, 0) is 20.3 Å². The quantitative estimate of drug-likeness (QED) is 0.497. The van der Waals surface area contributed by atoms with Gasteiger partial charge in [0, 0.05) is 0 Å². The fraction of sp³-hybridized carbons (Fsp3) is 0.778. The third-order valence-corrected chi connectivity index (χ3v) is 1.91. The van der Waals surface area contributed by atoms with E-state index in [0.29, 0.717) is 6.42 Å². The van der Waals surface area contributed by atoms with Crippen LogP contribution in [-0.4, -0.2) is 34.5 Å². The highest BCUT2D eigenvalue weighted by molar-refractivity contribution is 4.87. The van der Waals surface area contributed by atoms with E-state index in [4.69, 9.17) is 19.7 Å². The molecule has 1 rings (SSSR count). The van der Waals surface area contributed by atoms with Crippen LogP contribution in [-0.2, 0) is 9.47 Å². The molecule has 13 heavy (non-hydrogen) atoms. The lowest BCUT2D eigenvalue weighted by Gasteiger charge is -2.17. The van der Waals surface area contributed by atoms with E-state index < -0.39 is 18.2 Å². The minimum atomic E-state index is -1.51. The molecule has 0 amide bonds. The third kappa shape index (κ3) is 2.51. The number of aliphatic hydroxyl groups is 2. The van der Waals surface area contributed by atoms with Crippen LogP contribution in [0.5, 0.6) is 0 Å². The summed E-state index contributed by atoms with van der Waals surface area (Å²) in [6, 6.07) is 0. The Morgan fingerprint density at radius 3 is 2.54 bits per heavy atom. The zero-order chi connectivity index (χ0) is 10.1. The first-order chi connectivity index (χ1) is 5.96. The second-order valence-corrected chi connectivity index (χ2v) is 3.58. The maximum Gasteiger partial charge on any atom is 0.181 e. The molecule has 0 spiro atoms. The van der Waals surface area contributed by atoms with Gasteiger partial charge in [0.05, 0.1) is 6.10 Å². The minimum Gasteiger partial charge on any atom is -0.366 e. The summed E-state index contributed by atoms with van der Waals surface area (Å²) in [5.74, 6) is -0.748. The number of ether oxygens (including phenoxy) is 2. The molecule has 0 saturated carbocycles. The molecule has 0 aromatic heterocycles. The van der Waals surface area contributed by atoms with Gasteiger partial charge in [-0.1, -0.05) is 6.08 Å². The van der Waals surface area contributed by atoms with Gasteiger partial charge in [0.2, 0.25) is 0 Å². The molecule has 4 nitrogen and oxygen atoms in total. The van der Waals surface area contributed by atoms with Crippen molar-refractivity contribution in [1.82, 2.24) is 0 Å². The van der Waals surface area contributed by atoms with Crippen LogP contribution in [0, 0.1) is 0 Å². The van der Waals surface area contributed by atoms with Crippen LogP contribution in [0.15, 0.2) is 12.7 Å². The Labute approximate surface area is 77.8 Å². The van der Waals surface area contributed by atoms with Crippen LogP contribution in [0.3, 0.4) is 0 Å². The molecule has 1 aliphatic heterocycles. The Bertz CT molecular complexity index is 188. The van der Waals surface area contributed by atoms with Gasteiger partial charge in [-0.3, -0.25) is 0 Å². The maximum absolute atomic E-state index is 9.00. The van der Waals surface area contributed by atoms with E-state index in [9.17, 15) is 0 Å². The van der Waals surface area contributed by atoms with Crippen molar-refractivity contribution in [3.05, 3.63) is 12.7 Å². The molecule has 1 fully saturated rings. The molecule has 76 valence electrons. The summed E-state index contributed by atoms with van der Waals surface area (Å²) in [6.45, 7) is 7.05. The number of hydrogen-bond donors (Lipinski definition) is 2. The fourth-order valence-corrected chi connectivity index (χ4v) is 1.46. The predicted molar refractivity (Wildman–Crippen MR) is 46.9 cm³/mol. The van der Waals surface area contributed by atoms with Crippen molar-refractivity contribution in [2.75, 3.05) is 0 Å². The molecule has 2 N–H and O–H groups in total. The highest BCUT2D eigenvalue weighted by Gasteiger charge is 2.43. The second kappa shape index (κ2) is 3.75. The van der Waals surface area contributed by atoms with E-state index in [1.807, 2.05) is 0 Å². The number of hydrogen-bond acceptors (Lipinski definition) is 4. The molecule has 0 radical (unpaired) electrons. The second-order valence-electron chi connectivity index (χ2n) is 3.58. The van der Waals surface area contributed by atoms with Crippen molar-refractivity contribution in [1.29, 1.82) is 0 Å². The molecule has 1 heterocycles. The summed E-state index contributed by atoms with van der Waals surface area (Å²) < 4.78 is 10.8. The molecule has 1 saturated heterocycles. The van der Waals surface area contributed by atoms with Gasteiger partial charge in [-0.15, -0.1) is 6.58 Å². The SMILES string of the molecule is C=CC[C@H]1OC(C)(C)OC1C(O)O. The first-order valence-electron chi connectivity index (χ1n) is 4.29. The van der Waals surface area contributed by atoms with Gasteiger partial charge in [0.25, 0.3) is 0 Å². The summed E-state index contributed by atoms with van der Waals surface area (Å²) in [4.78, 5) is 0. The molecule has 0 aliphatic carbocycles. The molecular weight excluding hydrogens is 172 g/mol. The van der Waals surface area contributed by atoms with Crippen LogP contribution < -0.4 is 0 Å². The normalized spacial score (nSPS) is 32.4. The van der Waals surface area contributed by atoms with Crippen molar-refractivity contribution in [2.24, 2.45) is 0 Å². The Morgan fingerprint density at radius 2 is 2.08 bits per heavy atom. The van der Waals surface area contributed by atoms with Crippen LogP contribution in [0.25, 0.3) is 0 Å². The first kappa shape index (κ1) is 10.7. The lowest BCUT2D eigenvalue weighted by Crippen LogP contribution is -2.34. The maximum atomic E-state index is 9.00. The number of aliphatic hydroxyl groups excluding tert-OH is 1. The molecule has 4 heteroatoms. The van der Waals surface area contributed by atoms with Crippen molar-refractivity contribution < 1.29 is 19.7 Å². The Kier molecular flexibility index (Phi) is 3.08. The van der Waals surface area contributed by atoms with Gasteiger partial charge < -0.3 is 19.7 Å². The van der Waals surface area contributed by atoms with E-state index in [1.54, 1.807) is 19.9 Å². The highest BCUT2D eigenvalue weighted by Crippen LogP contribution is 2.31. The van der Waals surface area contributed by atoms with Crippen molar-refractivity contribution in [3.63, 3.8) is 0 Å². The lowest BCUT2D eigenvalue weighted by molar-refractivity contribution is -0.183. The van der Waals surface area contributed by atoms with E-state index in [2.05, 4.69) is 6.58 Å². The molecule has 2 atom stereocenters. The van der Waals surface area contributed by atoms with Gasteiger partial charge >= 0.3 is 0 Å². The highest BCUT2D eigenvalue weighted by atomic mass is 16.8. The monoisotopic (exact) mass is 188 g/mol. The molecule has 0 aromatic rings. The standard InChI is InChI=1S/C9H16O4/c1-4-5-6-7(8(10)11)13-9(2,3)12-6/h4,6-8,10-11H,1,5H2,2-3H3/t6-,7?/m1/s1. The smallest absolute Gasteiger partial charge is 0.181 e. The number of rotatable bonds is 3. The lowest BCUT2D eigenvalue weighted by atomic mass is 10.1. The summed E-state index contributed by atoms with van der Waals surface area (Å²) in [5.41, 5.74) is 0. The fourth-order valence-electron chi connectivity index (χ4n) is 1.46. The Balaban J connectivity index is 2.65. The van der Waals surface area contributed by atoms with Gasteiger partial charge in [-0.2, -0.15) is 0 Å². The zero-order valence-electron chi connectivity index (χ0n) is 7.93. The predicted octanol–water partition coefficient (Wildman–Crippen LogP) is 0.393. The molecule has 0 bridgehead atoms. The van der Waals surface area contributed by atoms with Crippen LogP contribution in [0.4, 0.5) is 0 Å². The average molecular weight is 188 g/mol. The largest absolute Gasteiger partial charge is 0.366 e. The van der Waals surface area contributed by atoms with Crippen molar-refractivity contribution in [2.45, 2.75) is 44.6 Å². The topological polar surface area (TPSA) is 58.9 Å². The summed E-state index contributed by atoms with van der Waals surface area (Å²) in [6.07, 6.45) is -0.302. The Morgan fingerprint density at radius 1 is 1.46 bits per heavy atom. The molecule has 1 unspecified atom stereocenters. The summed E-state index contributed by atoms with van der Waals surface area (Å²) >= 11 is 0. The Hall–Kier alpha value is -0.420. The van der Waals surface area contributed by atoms with Crippen molar-refractivity contribution in [3.8, 4) is 0 Å².